The molecule has 0 radical (unpaired) electrons. The lowest BCUT2D eigenvalue weighted by Crippen LogP contribution is -2.25. The summed E-state index contributed by atoms with van der Waals surface area (Å²) in [4.78, 5) is 15.1. The molecular weight excluding hydrogens is 244 g/mol. The number of nitrogens with one attached hydrogen (secondary N) is 1. The van der Waals surface area contributed by atoms with Gasteiger partial charge >= 0.3 is 5.97 Å². The highest BCUT2D eigenvalue weighted by Crippen LogP contribution is 2.21. The Balaban J connectivity index is 2.63. The van der Waals surface area contributed by atoms with Gasteiger partial charge in [-0.1, -0.05) is 13.8 Å². The summed E-state index contributed by atoms with van der Waals surface area (Å²) in [5.74, 6) is -0.245. The summed E-state index contributed by atoms with van der Waals surface area (Å²) >= 11 is 0. The molecule has 0 saturated heterocycles. The molecule has 2 N–H and O–H groups in total. The Bertz CT molecular complexity index is 444. The topological polar surface area (TPSA) is 71.5 Å². The predicted octanol–water partition coefficient (Wildman–Crippen LogP) is 2.56. The van der Waals surface area contributed by atoms with Crippen LogP contribution in [0, 0.1) is 12.3 Å². The van der Waals surface area contributed by atoms with Crippen LogP contribution in [-0.4, -0.2) is 36.3 Å². The molecule has 5 nitrogen and oxygen atoms in total. The summed E-state index contributed by atoms with van der Waals surface area (Å²) in [6, 6.07) is 3.28. The van der Waals surface area contributed by atoms with E-state index < -0.39 is 5.97 Å². The maximum atomic E-state index is 10.9. The Morgan fingerprint density at radius 1 is 1.47 bits per heavy atom. The number of ether oxygens (including phenoxy) is 1. The molecule has 0 aromatic carbocycles. The molecule has 5 heteroatoms. The van der Waals surface area contributed by atoms with Crippen molar-refractivity contribution in [3.05, 3.63) is 23.4 Å². The predicted molar refractivity (Wildman–Crippen MR) is 74.7 cm³/mol. The third-order valence-electron chi connectivity index (χ3n) is 3.05. The summed E-state index contributed by atoms with van der Waals surface area (Å²) in [5.41, 5.74) is 0.855. The van der Waals surface area contributed by atoms with Gasteiger partial charge < -0.3 is 15.2 Å². The second-order valence-electron chi connectivity index (χ2n) is 5.40. The van der Waals surface area contributed by atoms with Gasteiger partial charge in [-0.05, 0) is 30.9 Å². The van der Waals surface area contributed by atoms with Crippen LogP contribution in [-0.2, 0) is 4.74 Å². The van der Waals surface area contributed by atoms with Crippen LogP contribution in [0.5, 0.6) is 0 Å². The maximum absolute atomic E-state index is 10.9. The summed E-state index contributed by atoms with van der Waals surface area (Å²) in [6.45, 7) is 7.48. The van der Waals surface area contributed by atoms with E-state index in [0.29, 0.717) is 11.5 Å². The van der Waals surface area contributed by atoms with Crippen molar-refractivity contribution in [2.75, 3.05) is 25.6 Å². The molecular formula is C14H22N2O3. The Hall–Kier alpha value is -1.62. The molecule has 0 fully saturated rings. The number of carboxylic acid groups (broad SMARTS) is 1. The van der Waals surface area contributed by atoms with E-state index in [-0.39, 0.29) is 11.0 Å². The molecule has 0 saturated carbocycles. The highest BCUT2D eigenvalue weighted by molar-refractivity contribution is 5.89. The molecule has 0 spiro atoms. The molecule has 0 amide bonds. The normalized spacial score (nSPS) is 11.4. The zero-order valence-corrected chi connectivity index (χ0v) is 12.0. The van der Waals surface area contributed by atoms with Crippen molar-refractivity contribution in [2.45, 2.75) is 27.2 Å². The molecule has 0 aliphatic rings. The average molecular weight is 266 g/mol. The number of pyridine rings is 1. The van der Waals surface area contributed by atoms with Gasteiger partial charge in [0.2, 0.25) is 0 Å². The number of nitrogens with zero attached hydrogens (tertiary/aromatic N) is 1. The van der Waals surface area contributed by atoms with Crippen LogP contribution in [0.1, 0.15) is 36.3 Å². The van der Waals surface area contributed by atoms with Crippen molar-refractivity contribution in [3.8, 4) is 0 Å². The largest absolute Gasteiger partial charge is 0.478 e. The number of hydrogen-bond acceptors (Lipinski definition) is 4. The van der Waals surface area contributed by atoms with Gasteiger partial charge in [0.05, 0.1) is 11.3 Å². The zero-order valence-electron chi connectivity index (χ0n) is 12.0. The molecule has 106 valence electrons. The van der Waals surface area contributed by atoms with Crippen LogP contribution >= 0.6 is 0 Å². The molecule has 19 heavy (non-hydrogen) atoms. The molecule has 0 atom stereocenters. The summed E-state index contributed by atoms with van der Waals surface area (Å²) in [5, 5.41) is 12.2. The lowest BCUT2D eigenvalue weighted by atomic mass is 9.90. The van der Waals surface area contributed by atoms with E-state index in [9.17, 15) is 4.79 Å². The molecule has 0 aliphatic carbocycles. The smallest absolute Gasteiger partial charge is 0.337 e. The van der Waals surface area contributed by atoms with Gasteiger partial charge in [-0.2, -0.15) is 0 Å². The van der Waals surface area contributed by atoms with Crippen molar-refractivity contribution in [2.24, 2.45) is 5.41 Å². The van der Waals surface area contributed by atoms with Crippen molar-refractivity contribution in [3.63, 3.8) is 0 Å². The second kappa shape index (κ2) is 6.52. The van der Waals surface area contributed by atoms with E-state index in [4.69, 9.17) is 9.84 Å². The van der Waals surface area contributed by atoms with E-state index in [2.05, 4.69) is 24.1 Å². The number of rotatable bonds is 7. The molecule has 1 rings (SSSR count). The van der Waals surface area contributed by atoms with Gasteiger partial charge in [-0.25, -0.2) is 9.78 Å². The minimum Gasteiger partial charge on any atom is -0.478 e. The molecule has 0 bridgehead atoms. The zero-order chi connectivity index (χ0) is 14.5. The summed E-state index contributed by atoms with van der Waals surface area (Å²) in [6.07, 6.45) is 0.947. The first kappa shape index (κ1) is 15.4. The minimum atomic E-state index is -0.947. The third kappa shape index (κ3) is 4.87. The summed E-state index contributed by atoms with van der Waals surface area (Å²) in [7, 11) is 1.69. The summed E-state index contributed by atoms with van der Waals surface area (Å²) < 4.78 is 5.08. The lowest BCUT2D eigenvalue weighted by molar-refractivity contribution is 0.0695. The SMILES string of the molecule is COCCC(C)(C)CNc1ccc(C(=O)O)c(C)n1. The van der Waals surface area contributed by atoms with Gasteiger partial charge in [0.15, 0.2) is 0 Å². The van der Waals surface area contributed by atoms with Gasteiger partial charge in [0.25, 0.3) is 0 Å². The number of hydrogen-bond donors (Lipinski definition) is 2. The Morgan fingerprint density at radius 3 is 2.68 bits per heavy atom. The molecule has 0 unspecified atom stereocenters. The fraction of sp³-hybridized carbons (Fsp3) is 0.571. The number of methoxy groups -OCH3 is 1. The first-order valence-electron chi connectivity index (χ1n) is 6.29. The molecule has 1 aromatic rings. The fourth-order valence-corrected chi connectivity index (χ4v) is 1.68. The van der Waals surface area contributed by atoms with E-state index >= 15 is 0 Å². The van der Waals surface area contributed by atoms with Gasteiger partial charge in [0.1, 0.15) is 5.82 Å². The second-order valence-corrected chi connectivity index (χ2v) is 5.40. The van der Waals surface area contributed by atoms with Crippen LogP contribution in [0.15, 0.2) is 12.1 Å². The van der Waals surface area contributed by atoms with Gasteiger partial charge in [-0.3, -0.25) is 0 Å². The Kier molecular flexibility index (Phi) is 5.30. The lowest BCUT2D eigenvalue weighted by Gasteiger charge is -2.25. The van der Waals surface area contributed by atoms with Crippen molar-refractivity contribution in [1.82, 2.24) is 4.98 Å². The van der Waals surface area contributed by atoms with Crippen LogP contribution in [0.3, 0.4) is 0 Å². The van der Waals surface area contributed by atoms with E-state index in [1.54, 1.807) is 26.2 Å². The third-order valence-corrected chi connectivity index (χ3v) is 3.05. The highest BCUT2D eigenvalue weighted by Gasteiger charge is 2.17. The monoisotopic (exact) mass is 266 g/mol. The Morgan fingerprint density at radius 2 is 2.16 bits per heavy atom. The fourth-order valence-electron chi connectivity index (χ4n) is 1.68. The van der Waals surface area contributed by atoms with E-state index in [1.165, 1.54) is 0 Å². The van der Waals surface area contributed by atoms with Crippen molar-refractivity contribution < 1.29 is 14.6 Å². The number of carbonyl (C=O) groups is 1. The maximum Gasteiger partial charge on any atom is 0.337 e. The van der Waals surface area contributed by atoms with Crippen molar-refractivity contribution in [1.29, 1.82) is 0 Å². The Labute approximate surface area is 114 Å². The first-order chi connectivity index (χ1) is 8.85. The standard InChI is InChI=1S/C14H22N2O3/c1-10-11(13(17)18)5-6-12(16-10)15-9-14(2,3)7-8-19-4/h5-6H,7-9H2,1-4H3,(H,15,16)(H,17,18). The first-order valence-corrected chi connectivity index (χ1v) is 6.29. The number of anilines is 1. The van der Waals surface area contributed by atoms with Gasteiger partial charge in [0, 0.05) is 20.3 Å². The van der Waals surface area contributed by atoms with Crippen LogP contribution in [0.2, 0.25) is 0 Å². The van der Waals surface area contributed by atoms with E-state index in [1.807, 2.05) is 0 Å². The van der Waals surface area contributed by atoms with Crippen LogP contribution < -0.4 is 5.32 Å². The van der Waals surface area contributed by atoms with E-state index in [0.717, 1.165) is 19.6 Å². The average Bonchev–Trinajstić information content (AvgIpc) is 2.34. The molecule has 1 heterocycles. The molecule has 1 aromatic heterocycles. The quantitative estimate of drug-likeness (QED) is 0.793. The molecule has 0 aliphatic heterocycles. The van der Waals surface area contributed by atoms with Gasteiger partial charge in [-0.15, -0.1) is 0 Å². The number of carboxylic acids is 1. The highest BCUT2D eigenvalue weighted by atomic mass is 16.5. The van der Waals surface area contributed by atoms with Crippen LogP contribution in [0.25, 0.3) is 0 Å². The van der Waals surface area contributed by atoms with Crippen LogP contribution in [0.4, 0.5) is 5.82 Å². The minimum absolute atomic E-state index is 0.0943. The number of aromatic carboxylic acids is 1. The number of aryl methyl sites for hydroxylation is 1. The van der Waals surface area contributed by atoms with Crippen molar-refractivity contribution >= 4 is 11.8 Å². The number of aromatic nitrogens is 1.